The fraction of sp³-hybridized carbons (Fsp3) is 0.381. The molecule has 2 aliphatic rings. The zero-order valence-corrected chi connectivity index (χ0v) is 16.3. The van der Waals surface area contributed by atoms with Crippen molar-refractivity contribution >= 4 is 17.5 Å². The summed E-state index contributed by atoms with van der Waals surface area (Å²) in [4.78, 5) is 32.9. The lowest BCUT2D eigenvalue weighted by Crippen LogP contribution is -2.78. The van der Waals surface area contributed by atoms with Crippen LogP contribution in [-0.2, 0) is 9.53 Å². The first-order valence-electron chi connectivity index (χ1n) is 9.42. The molecule has 2 fully saturated rings. The molecule has 0 N–H and O–H groups in total. The van der Waals surface area contributed by atoms with Gasteiger partial charge in [-0.15, -0.1) is 0 Å². The number of ether oxygens (including phenoxy) is 2. The molecule has 2 saturated heterocycles. The molecule has 1 aromatic carbocycles. The number of benzene rings is 1. The number of anilines is 1. The van der Waals surface area contributed by atoms with Gasteiger partial charge in [-0.1, -0.05) is 6.07 Å². The highest BCUT2D eigenvalue weighted by Gasteiger charge is 2.62. The number of carbonyl (C=O) groups is 2. The van der Waals surface area contributed by atoms with Crippen LogP contribution in [0.15, 0.2) is 42.6 Å². The van der Waals surface area contributed by atoms with Crippen LogP contribution in [-0.4, -0.2) is 60.7 Å². The number of carbonyl (C=O) groups excluding carboxylic acids is 2. The summed E-state index contributed by atoms with van der Waals surface area (Å²) >= 11 is 0. The molecule has 0 radical (unpaired) electrons. The van der Waals surface area contributed by atoms with E-state index in [0.717, 1.165) is 0 Å². The summed E-state index contributed by atoms with van der Waals surface area (Å²) in [7, 11) is 3.03. The third-order valence-corrected chi connectivity index (χ3v) is 5.79. The van der Waals surface area contributed by atoms with Crippen molar-refractivity contribution in [2.45, 2.75) is 24.5 Å². The molecule has 2 aliphatic heterocycles. The molecule has 1 unspecified atom stereocenters. The molecular weight excluding hydrogens is 377 g/mol. The second-order valence-electron chi connectivity index (χ2n) is 7.25. The fourth-order valence-electron chi connectivity index (χ4n) is 4.33. The summed E-state index contributed by atoms with van der Waals surface area (Å²) in [5.41, 5.74) is 0.424. The molecule has 0 saturated carbocycles. The lowest BCUT2D eigenvalue weighted by Gasteiger charge is -2.59. The number of halogens is 1. The number of likely N-dealkylation sites (tertiary alicyclic amines) is 1. The monoisotopic (exact) mass is 399 g/mol. The topological polar surface area (TPSA) is 72.0 Å². The minimum atomic E-state index is -0.592. The molecule has 1 spiro atoms. The number of amides is 2. The highest BCUT2D eigenvalue weighted by atomic mass is 19.1. The first-order chi connectivity index (χ1) is 14.0. The van der Waals surface area contributed by atoms with Crippen LogP contribution in [0.5, 0.6) is 5.88 Å². The van der Waals surface area contributed by atoms with Crippen molar-refractivity contribution in [1.82, 2.24) is 9.88 Å². The number of pyridine rings is 1. The molecule has 3 heterocycles. The average molecular weight is 399 g/mol. The average Bonchev–Trinajstić information content (AvgIpc) is 2.74. The highest BCUT2D eigenvalue weighted by Crippen LogP contribution is 2.45. The van der Waals surface area contributed by atoms with Crippen LogP contribution in [0.3, 0.4) is 0 Å². The summed E-state index contributed by atoms with van der Waals surface area (Å²) in [6, 6.07) is 9.33. The van der Waals surface area contributed by atoms with Crippen LogP contribution < -0.4 is 9.64 Å². The van der Waals surface area contributed by atoms with Gasteiger partial charge in [-0.25, -0.2) is 9.37 Å². The quantitative estimate of drug-likeness (QED) is 0.738. The number of β-lactam (4-membered cyclic amide) rings is 1. The fourth-order valence-corrected chi connectivity index (χ4v) is 4.33. The first kappa shape index (κ1) is 19.3. The molecular formula is C21H22FN3O4. The third kappa shape index (κ3) is 3.13. The van der Waals surface area contributed by atoms with E-state index in [1.807, 2.05) is 0 Å². The van der Waals surface area contributed by atoms with E-state index in [-0.39, 0.29) is 11.8 Å². The zero-order valence-electron chi connectivity index (χ0n) is 16.3. The molecule has 2 amide bonds. The van der Waals surface area contributed by atoms with Gasteiger partial charge in [0.05, 0.1) is 18.2 Å². The normalized spacial score (nSPS) is 20.5. The van der Waals surface area contributed by atoms with E-state index in [1.165, 1.54) is 32.5 Å². The van der Waals surface area contributed by atoms with Crippen LogP contribution in [0.2, 0.25) is 0 Å². The van der Waals surface area contributed by atoms with Crippen molar-refractivity contribution in [3.63, 3.8) is 0 Å². The molecule has 4 rings (SSSR count). The van der Waals surface area contributed by atoms with Gasteiger partial charge in [-0.2, -0.15) is 0 Å². The molecule has 1 atom stereocenters. The van der Waals surface area contributed by atoms with Crippen LogP contribution in [0.1, 0.15) is 23.2 Å². The largest absolute Gasteiger partial charge is 0.481 e. The van der Waals surface area contributed by atoms with E-state index in [2.05, 4.69) is 4.98 Å². The lowest BCUT2D eigenvalue weighted by atomic mass is 9.72. The second-order valence-corrected chi connectivity index (χ2v) is 7.25. The standard InChI is InChI=1S/C21H22FN3O4/c1-28-17-7-6-14(13-23-17)19(26)24-10-8-21(9-11-24)18(29-2)20(27)25(21)16-5-3-4-15(22)12-16/h3-7,12-13,18H,8-11H2,1-2H3. The van der Waals surface area contributed by atoms with Gasteiger partial charge >= 0.3 is 0 Å². The van der Waals surface area contributed by atoms with Gasteiger partial charge in [-0.3, -0.25) is 9.59 Å². The highest BCUT2D eigenvalue weighted by molar-refractivity contribution is 6.07. The Morgan fingerprint density at radius 1 is 1.21 bits per heavy atom. The van der Waals surface area contributed by atoms with Crippen molar-refractivity contribution in [3.05, 3.63) is 54.0 Å². The summed E-state index contributed by atoms with van der Waals surface area (Å²) < 4.78 is 24.2. The summed E-state index contributed by atoms with van der Waals surface area (Å²) in [6.07, 6.45) is 1.99. The number of hydrogen-bond donors (Lipinski definition) is 0. The van der Waals surface area contributed by atoms with E-state index in [1.54, 1.807) is 34.1 Å². The van der Waals surface area contributed by atoms with Crippen molar-refractivity contribution in [2.75, 3.05) is 32.2 Å². The van der Waals surface area contributed by atoms with Gasteiger partial charge in [0.25, 0.3) is 11.8 Å². The van der Waals surface area contributed by atoms with Crippen molar-refractivity contribution in [3.8, 4) is 5.88 Å². The van der Waals surface area contributed by atoms with Gasteiger partial charge in [0.2, 0.25) is 5.88 Å². The molecule has 0 bridgehead atoms. The maximum absolute atomic E-state index is 13.7. The Hall–Kier alpha value is -3.00. The Kier molecular flexibility index (Phi) is 4.96. The third-order valence-electron chi connectivity index (χ3n) is 5.79. The van der Waals surface area contributed by atoms with Crippen molar-refractivity contribution in [2.24, 2.45) is 0 Å². The second kappa shape index (κ2) is 7.44. The Labute approximate surface area is 168 Å². The number of hydrogen-bond acceptors (Lipinski definition) is 5. The minimum absolute atomic E-state index is 0.119. The van der Waals surface area contributed by atoms with E-state index in [9.17, 15) is 14.0 Å². The van der Waals surface area contributed by atoms with Gasteiger partial charge in [0.1, 0.15) is 5.82 Å². The maximum Gasteiger partial charge on any atom is 0.259 e. The summed E-state index contributed by atoms with van der Waals surface area (Å²) in [6.45, 7) is 0.924. The van der Waals surface area contributed by atoms with Gasteiger partial charge < -0.3 is 19.3 Å². The molecule has 0 aliphatic carbocycles. The minimum Gasteiger partial charge on any atom is -0.481 e. The summed E-state index contributed by atoms with van der Waals surface area (Å²) in [5.74, 6) is -0.254. The Morgan fingerprint density at radius 2 is 1.97 bits per heavy atom. The predicted octanol–water partition coefficient (Wildman–Crippen LogP) is 2.27. The lowest BCUT2D eigenvalue weighted by molar-refractivity contribution is -0.150. The number of aromatic nitrogens is 1. The SMILES string of the molecule is COc1ccc(C(=O)N2CCC3(CC2)C(OC)C(=O)N3c2cccc(F)c2)cn1. The molecule has 8 heteroatoms. The number of nitrogens with zero attached hydrogens (tertiary/aromatic N) is 3. The van der Waals surface area contributed by atoms with Crippen molar-refractivity contribution in [1.29, 1.82) is 0 Å². The molecule has 152 valence electrons. The van der Waals surface area contributed by atoms with Gasteiger partial charge in [-0.05, 0) is 37.1 Å². The van der Waals surface area contributed by atoms with Gasteiger partial charge in [0, 0.05) is 38.1 Å². The Balaban J connectivity index is 1.52. The zero-order chi connectivity index (χ0) is 20.6. The molecule has 7 nitrogen and oxygen atoms in total. The van der Waals surface area contributed by atoms with E-state index < -0.39 is 17.5 Å². The van der Waals surface area contributed by atoms with E-state index in [0.29, 0.717) is 43.1 Å². The van der Waals surface area contributed by atoms with E-state index >= 15 is 0 Å². The Bertz CT molecular complexity index is 926. The van der Waals surface area contributed by atoms with Gasteiger partial charge in [0.15, 0.2) is 6.10 Å². The van der Waals surface area contributed by atoms with E-state index in [4.69, 9.17) is 9.47 Å². The number of methoxy groups -OCH3 is 2. The molecule has 1 aromatic heterocycles. The van der Waals surface area contributed by atoms with Crippen LogP contribution >= 0.6 is 0 Å². The summed E-state index contributed by atoms with van der Waals surface area (Å²) in [5, 5.41) is 0. The predicted molar refractivity (Wildman–Crippen MR) is 103 cm³/mol. The maximum atomic E-state index is 13.7. The first-order valence-corrected chi connectivity index (χ1v) is 9.42. The number of piperidine rings is 1. The van der Waals surface area contributed by atoms with Crippen LogP contribution in [0, 0.1) is 5.82 Å². The number of rotatable bonds is 4. The van der Waals surface area contributed by atoms with Crippen LogP contribution in [0.4, 0.5) is 10.1 Å². The smallest absolute Gasteiger partial charge is 0.259 e. The van der Waals surface area contributed by atoms with Crippen LogP contribution in [0.25, 0.3) is 0 Å². The molecule has 29 heavy (non-hydrogen) atoms. The Morgan fingerprint density at radius 3 is 2.55 bits per heavy atom. The molecule has 2 aromatic rings. The van der Waals surface area contributed by atoms with Crippen molar-refractivity contribution < 1.29 is 23.5 Å².